The van der Waals surface area contributed by atoms with E-state index in [1.165, 1.54) is 5.56 Å². The Morgan fingerprint density at radius 2 is 1.54 bits per heavy atom. The van der Waals surface area contributed by atoms with E-state index in [4.69, 9.17) is 0 Å². The predicted molar refractivity (Wildman–Crippen MR) is 57.8 cm³/mol. The van der Waals surface area contributed by atoms with E-state index in [2.05, 4.69) is 32.5 Å². The minimum atomic E-state index is 0.952. The Hall–Kier alpha value is -1.02. The molecule has 0 aliphatic heterocycles. The molecule has 0 radical (unpaired) electrons. The zero-order valence-corrected chi connectivity index (χ0v) is 8.78. The molecule has 2 rings (SSSR count). The van der Waals surface area contributed by atoms with Crippen molar-refractivity contribution in [3.63, 3.8) is 0 Å². The molecule has 0 saturated carbocycles. The van der Waals surface area contributed by atoms with Crippen LogP contribution in [0.4, 0.5) is 0 Å². The average Bonchev–Trinajstić information content (AvgIpc) is 2.77. The average molecular weight is 239 g/mol. The van der Waals surface area contributed by atoms with Gasteiger partial charge in [-0.3, -0.25) is 0 Å². The highest BCUT2D eigenvalue weighted by Crippen LogP contribution is 2.02. The van der Waals surface area contributed by atoms with Crippen LogP contribution >= 0.6 is 15.9 Å². The van der Waals surface area contributed by atoms with Gasteiger partial charge in [0.1, 0.15) is 0 Å². The largest absolute Gasteiger partial charge is 0.473 e. The van der Waals surface area contributed by atoms with Crippen molar-refractivity contribution in [1.82, 2.24) is 0 Å². The Morgan fingerprint density at radius 1 is 0.923 bits per heavy atom. The highest BCUT2D eigenvalue weighted by atomic mass is 79.9. The lowest BCUT2D eigenvalue weighted by Gasteiger charge is -1.88. The maximum absolute atomic E-state index is 4.58. The van der Waals surface area contributed by atoms with Gasteiger partial charge in [-0.05, 0) is 17.7 Å². The van der Waals surface area contributed by atoms with Crippen molar-refractivity contribution in [1.29, 1.82) is 0 Å². The second-order valence-corrected chi connectivity index (χ2v) is 2.97. The molecule has 1 aromatic carbocycles. The summed E-state index contributed by atoms with van der Waals surface area (Å²) in [4.78, 5) is 0. The maximum Gasteiger partial charge on any atom is 0.0902 e. The van der Waals surface area contributed by atoms with Crippen LogP contribution in [0.1, 0.15) is 5.56 Å². The normalized spacial score (nSPS) is 8.69. The Bertz CT molecular complexity index is 272. The summed E-state index contributed by atoms with van der Waals surface area (Å²) in [5.41, 5.74) is 1.33. The zero-order valence-electron chi connectivity index (χ0n) is 7.19. The van der Waals surface area contributed by atoms with Crippen LogP contribution < -0.4 is 0 Å². The second kappa shape index (κ2) is 6.49. The highest BCUT2D eigenvalue weighted by molar-refractivity contribution is 9.08. The molecule has 0 fully saturated rings. The summed E-state index contributed by atoms with van der Waals surface area (Å²) >= 11 is 3.36. The molecule has 1 heterocycles. The lowest BCUT2D eigenvalue weighted by Crippen LogP contribution is -1.70. The number of benzene rings is 1. The maximum atomic E-state index is 4.58. The van der Waals surface area contributed by atoms with E-state index >= 15 is 0 Å². The van der Waals surface area contributed by atoms with Gasteiger partial charge in [-0.1, -0.05) is 46.3 Å². The van der Waals surface area contributed by atoms with Gasteiger partial charge in [-0.2, -0.15) is 0 Å². The monoisotopic (exact) mass is 238 g/mol. The Kier molecular flexibility index (Phi) is 5.02. The molecule has 68 valence electrons. The highest BCUT2D eigenvalue weighted by Gasteiger charge is 1.81. The fourth-order valence-corrected chi connectivity index (χ4v) is 1.17. The topological polar surface area (TPSA) is 13.1 Å². The van der Waals surface area contributed by atoms with Crippen LogP contribution in [0, 0.1) is 0 Å². The summed E-state index contributed by atoms with van der Waals surface area (Å²) in [5.74, 6) is 0. The van der Waals surface area contributed by atoms with E-state index < -0.39 is 0 Å². The molecule has 2 aromatic rings. The minimum absolute atomic E-state index is 0.952. The molecular formula is C11H11BrO. The zero-order chi connectivity index (χ0) is 9.36. The quantitative estimate of drug-likeness (QED) is 0.688. The van der Waals surface area contributed by atoms with Crippen molar-refractivity contribution in [2.75, 3.05) is 0 Å². The Labute approximate surface area is 86.5 Å². The van der Waals surface area contributed by atoms with Gasteiger partial charge in [0, 0.05) is 5.33 Å². The lowest BCUT2D eigenvalue weighted by molar-refractivity contribution is 0.567. The number of hydrogen-bond acceptors (Lipinski definition) is 1. The van der Waals surface area contributed by atoms with E-state index in [1.807, 2.05) is 30.3 Å². The standard InChI is InChI=1S/C7H7Br.C4H4O/c8-6-7-4-2-1-3-5-7;1-2-4-5-3-1/h1-5H,6H2;1-4H. The first-order valence-corrected chi connectivity index (χ1v) is 5.12. The Morgan fingerprint density at radius 3 is 1.85 bits per heavy atom. The molecule has 0 amide bonds. The Balaban J connectivity index is 0.000000145. The molecule has 1 aromatic heterocycles. The first-order chi connectivity index (χ1) is 6.43. The molecular weight excluding hydrogens is 228 g/mol. The first kappa shape index (κ1) is 10.1. The number of furan rings is 1. The summed E-state index contributed by atoms with van der Waals surface area (Å²) in [5, 5.41) is 0.952. The van der Waals surface area contributed by atoms with E-state index in [0.717, 1.165) is 5.33 Å². The van der Waals surface area contributed by atoms with E-state index in [0.29, 0.717) is 0 Å². The number of halogens is 1. The number of hydrogen-bond donors (Lipinski definition) is 0. The SMILES string of the molecule is BrCc1ccccc1.c1ccoc1. The van der Waals surface area contributed by atoms with Crippen LogP contribution in [0.3, 0.4) is 0 Å². The van der Waals surface area contributed by atoms with Gasteiger partial charge in [0.15, 0.2) is 0 Å². The fraction of sp³-hybridized carbons (Fsp3) is 0.0909. The van der Waals surface area contributed by atoms with Crippen molar-refractivity contribution >= 4 is 15.9 Å². The molecule has 0 aliphatic carbocycles. The molecule has 2 heteroatoms. The molecule has 0 bridgehead atoms. The van der Waals surface area contributed by atoms with Crippen molar-refractivity contribution in [2.24, 2.45) is 0 Å². The van der Waals surface area contributed by atoms with Gasteiger partial charge >= 0.3 is 0 Å². The third kappa shape index (κ3) is 4.53. The summed E-state index contributed by atoms with van der Waals surface area (Å²) in [6.07, 6.45) is 3.25. The third-order valence-corrected chi connectivity index (χ3v) is 2.07. The van der Waals surface area contributed by atoms with Gasteiger partial charge in [0.05, 0.1) is 12.5 Å². The molecule has 1 nitrogen and oxygen atoms in total. The van der Waals surface area contributed by atoms with Crippen LogP contribution in [-0.2, 0) is 5.33 Å². The number of alkyl halides is 1. The molecule has 0 saturated heterocycles. The fourth-order valence-electron chi connectivity index (χ4n) is 0.794. The van der Waals surface area contributed by atoms with Gasteiger partial charge in [0.2, 0.25) is 0 Å². The van der Waals surface area contributed by atoms with Crippen LogP contribution in [-0.4, -0.2) is 0 Å². The summed E-state index contributed by atoms with van der Waals surface area (Å²) in [6, 6.07) is 13.9. The van der Waals surface area contributed by atoms with Gasteiger partial charge in [-0.15, -0.1) is 0 Å². The molecule has 0 unspecified atom stereocenters. The van der Waals surface area contributed by atoms with E-state index in [9.17, 15) is 0 Å². The lowest BCUT2D eigenvalue weighted by atomic mass is 10.2. The number of rotatable bonds is 1. The smallest absolute Gasteiger partial charge is 0.0902 e. The minimum Gasteiger partial charge on any atom is -0.473 e. The molecule has 0 atom stereocenters. The van der Waals surface area contributed by atoms with Crippen LogP contribution in [0.2, 0.25) is 0 Å². The van der Waals surface area contributed by atoms with Crippen LogP contribution in [0.5, 0.6) is 0 Å². The van der Waals surface area contributed by atoms with E-state index in [-0.39, 0.29) is 0 Å². The summed E-state index contributed by atoms with van der Waals surface area (Å²) < 4.78 is 4.58. The summed E-state index contributed by atoms with van der Waals surface area (Å²) in [6.45, 7) is 0. The van der Waals surface area contributed by atoms with Crippen molar-refractivity contribution in [3.05, 3.63) is 60.6 Å². The molecule has 0 spiro atoms. The van der Waals surface area contributed by atoms with Crippen molar-refractivity contribution in [2.45, 2.75) is 5.33 Å². The second-order valence-electron chi connectivity index (χ2n) is 2.41. The van der Waals surface area contributed by atoms with Crippen LogP contribution in [0.15, 0.2) is 59.4 Å². The van der Waals surface area contributed by atoms with Gasteiger partial charge in [0.25, 0.3) is 0 Å². The van der Waals surface area contributed by atoms with Gasteiger partial charge in [-0.25, -0.2) is 0 Å². The van der Waals surface area contributed by atoms with Gasteiger partial charge < -0.3 is 4.42 Å². The van der Waals surface area contributed by atoms with Crippen molar-refractivity contribution in [3.8, 4) is 0 Å². The molecule has 0 N–H and O–H groups in total. The molecule has 13 heavy (non-hydrogen) atoms. The van der Waals surface area contributed by atoms with Crippen LogP contribution in [0.25, 0.3) is 0 Å². The van der Waals surface area contributed by atoms with Crippen molar-refractivity contribution < 1.29 is 4.42 Å². The first-order valence-electron chi connectivity index (χ1n) is 4.00. The van der Waals surface area contributed by atoms with E-state index in [1.54, 1.807) is 12.5 Å². The summed E-state index contributed by atoms with van der Waals surface area (Å²) in [7, 11) is 0. The third-order valence-electron chi connectivity index (χ3n) is 1.42. The molecule has 0 aliphatic rings. The predicted octanol–water partition coefficient (Wildman–Crippen LogP) is 3.86.